The Balaban J connectivity index is 2.21. The second-order valence-electron chi connectivity index (χ2n) is 3.97. The van der Waals surface area contributed by atoms with Crippen LogP contribution in [0.2, 0.25) is 0 Å². The van der Waals surface area contributed by atoms with Gasteiger partial charge in [-0.1, -0.05) is 36.4 Å². The van der Waals surface area contributed by atoms with Crippen molar-refractivity contribution in [2.45, 2.75) is 12.3 Å². The molecule has 0 bridgehead atoms. The summed E-state index contributed by atoms with van der Waals surface area (Å²) in [5.41, 5.74) is 2.18. The highest BCUT2D eigenvalue weighted by Crippen LogP contribution is 2.26. The Labute approximate surface area is 106 Å². The van der Waals surface area contributed by atoms with Gasteiger partial charge in [-0.25, -0.2) is 0 Å². The molecule has 0 N–H and O–H groups in total. The van der Waals surface area contributed by atoms with Gasteiger partial charge in [-0.05, 0) is 24.1 Å². The summed E-state index contributed by atoms with van der Waals surface area (Å²) >= 11 is 0. The molecule has 0 saturated heterocycles. The number of carbonyl (C=O) groups excluding carboxylic acids is 1. The van der Waals surface area contributed by atoms with Crippen molar-refractivity contribution >= 4 is 6.47 Å². The lowest BCUT2D eigenvalue weighted by atomic mass is 9.92. The van der Waals surface area contributed by atoms with Gasteiger partial charge in [0.1, 0.15) is 0 Å². The van der Waals surface area contributed by atoms with Gasteiger partial charge in [0.15, 0.2) is 0 Å². The highest BCUT2D eigenvalue weighted by molar-refractivity contribution is 5.37. The van der Waals surface area contributed by atoms with Crippen LogP contribution in [0.15, 0.2) is 54.7 Å². The summed E-state index contributed by atoms with van der Waals surface area (Å²) in [6.45, 7) is 0.889. The van der Waals surface area contributed by atoms with E-state index in [1.807, 2.05) is 36.4 Å². The number of pyridine rings is 1. The zero-order valence-corrected chi connectivity index (χ0v) is 10.0. The molecular weight excluding hydrogens is 226 g/mol. The van der Waals surface area contributed by atoms with E-state index < -0.39 is 0 Å². The first kappa shape index (κ1) is 12.3. The number of ether oxygens (including phenoxy) is 1. The molecule has 0 radical (unpaired) electrons. The van der Waals surface area contributed by atoms with Crippen molar-refractivity contribution in [3.8, 4) is 0 Å². The monoisotopic (exact) mass is 241 g/mol. The number of nitrogens with zero attached hydrogens (tertiary/aromatic N) is 1. The van der Waals surface area contributed by atoms with Gasteiger partial charge >= 0.3 is 0 Å². The SMILES string of the molecule is O=COCCC(c1ccccc1)c1ccccn1. The molecule has 0 fully saturated rings. The predicted octanol–water partition coefficient (Wildman–Crippen LogP) is 2.78. The van der Waals surface area contributed by atoms with E-state index in [9.17, 15) is 4.79 Å². The van der Waals surface area contributed by atoms with Crippen LogP contribution >= 0.6 is 0 Å². The summed E-state index contributed by atoms with van der Waals surface area (Å²) in [6, 6.07) is 16.0. The first-order chi connectivity index (χ1) is 8.92. The maximum absolute atomic E-state index is 10.2. The Morgan fingerprint density at radius 1 is 1.11 bits per heavy atom. The highest BCUT2D eigenvalue weighted by Gasteiger charge is 2.14. The van der Waals surface area contributed by atoms with Gasteiger partial charge in [0.2, 0.25) is 0 Å². The van der Waals surface area contributed by atoms with Crippen molar-refractivity contribution in [1.82, 2.24) is 4.98 Å². The van der Waals surface area contributed by atoms with Crippen molar-refractivity contribution in [3.05, 3.63) is 66.0 Å². The summed E-state index contributed by atoms with van der Waals surface area (Å²) in [4.78, 5) is 14.6. The number of carbonyl (C=O) groups is 1. The fourth-order valence-corrected chi connectivity index (χ4v) is 1.99. The van der Waals surface area contributed by atoms with E-state index in [2.05, 4.69) is 17.1 Å². The Bertz CT molecular complexity index is 431. The second kappa shape index (κ2) is 6.55. The fraction of sp³-hybridized carbons (Fsp3) is 0.200. The molecule has 1 aromatic carbocycles. The Hall–Kier alpha value is -2.16. The van der Waals surface area contributed by atoms with Crippen LogP contribution in [0.4, 0.5) is 0 Å². The molecule has 0 spiro atoms. The van der Waals surface area contributed by atoms with Crippen LogP contribution in [0, 0.1) is 0 Å². The third-order valence-electron chi connectivity index (χ3n) is 2.84. The van der Waals surface area contributed by atoms with Gasteiger partial charge in [0.05, 0.1) is 6.61 Å². The van der Waals surface area contributed by atoms with Gasteiger partial charge in [0.25, 0.3) is 6.47 Å². The number of benzene rings is 1. The predicted molar refractivity (Wildman–Crippen MR) is 69.2 cm³/mol. The average Bonchev–Trinajstić information content (AvgIpc) is 2.46. The molecule has 0 amide bonds. The molecule has 92 valence electrons. The summed E-state index contributed by atoms with van der Waals surface area (Å²) < 4.78 is 4.80. The van der Waals surface area contributed by atoms with E-state index in [1.165, 1.54) is 5.56 Å². The zero-order chi connectivity index (χ0) is 12.6. The summed E-state index contributed by atoms with van der Waals surface area (Å²) in [7, 11) is 0. The van der Waals surface area contributed by atoms with Crippen molar-refractivity contribution in [1.29, 1.82) is 0 Å². The minimum atomic E-state index is 0.160. The molecular formula is C15H15NO2. The molecule has 1 aromatic heterocycles. The number of aromatic nitrogens is 1. The van der Waals surface area contributed by atoms with Gasteiger partial charge < -0.3 is 4.74 Å². The van der Waals surface area contributed by atoms with E-state index in [0.717, 1.165) is 12.1 Å². The van der Waals surface area contributed by atoms with E-state index >= 15 is 0 Å². The fourth-order valence-electron chi connectivity index (χ4n) is 1.99. The van der Waals surface area contributed by atoms with Crippen molar-refractivity contribution in [2.75, 3.05) is 6.61 Å². The summed E-state index contributed by atoms with van der Waals surface area (Å²) in [5.74, 6) is 0.160. The van der Waals surface area contributed by atoms with Crippen LogP contribution in [0.25, 0.3) is 0 Å². The smallest absolute Gasteiger partial charge is 0.293 e. The highest BCUT2D eigenvalue weighted by atomic mass is 16.5. The van der Waals surface area contributed by atoms with Crippen LogP contribution in [0.3, 0.4) is 0 Å². The third kappa shape index (κ3) is 3.17. The van der Waals surface area contributed by atoms with E-state index in [4.69, 9.17) is 4.74 Å². The van der Waals surface area contributed by atoms with Gasteiger partial charge in [-0.15, -0.1) is 0 Å². The first-order valence-electron chi connectivity index (χ1n) is 5.93. The second-order valence-corrected chi connectivity index (χ2v) is 3.97. The zero-order valence-electron chi connectivity index (χ0n) is 10.0. The van der Waals surface area contributed by atoms with E-state index in [-0.39, 0.29) is 5.92 Å². The normalized spacial score (nSPS) is 11.8. The lowest BCUT2D eigenvalue weighted by Crippen LogP contribution is -2.07. The average molecular weight is 241 g/mol. The van der Waals surface area contributed by atoms with Crippen molar-refractivity contribution < 1.29 is 9.53 Å². The molecule has 3 heteroatoms. The molecule has 0 aliphatic rings. The van der Waals surface area contributed by atoms with Gasteiger partial charge in [-0.3, -0.25) is 9.78 Å². The van der Waals surface area contributed by atoms with Gasteiger partial charge in [-0.2, -0.15) is 0 Å². The molecule has 3 nitrogen and oxygen atoms in total. The first-order valence-corrected chi connectivity index (χ1v) is 5.93. The molecule has 0 saturated carbocycles. The topological polar surface area (TPSA) is 39.2 Å². The van der Waals surface area contributed by atoms with Crippen LogP contribution in [-0.4, -0.2) is 18.1 Å². The Morgan fingerprint density at radius 3 is 2.56 bits per heavy atom. The maximum Gasteiger partial charge on any atom is 0.293 e. The lowest BCUT2D eigenvalue weighted by Gasteiger charge is -2.16. The van der Waals surface area contributed by atoms with E-state index in [1.54, 1.807) is 6.20 Å². The standard InChI is InChI=1S/C15H15NO2/c17-12-18-11-9-14(13-6-2-1-3-7-13)15-8-4-5-10-16-15/h1-8,10,12,14H,9,11H2. The van der Waals surface area contributed by atoms with Crippen LogP contribution in [0.1, 0.15) is 23.6 Å². The molecule has 2 aromatic rings. The van der Waals surface area contributed by atoms with Crippen molar-refractivity contribution in [3.63, 3.8) is 0 Å². The molecule has 18 heavy (non-hydrogen) atoms. The van der Waals surface area contributed by atoms with Gasteiger partial charge in [0, 0.05) is 17.8 Å². The molecule has 0 aliphatic carbocycles. The van der Waals surface area contributed by atoms with Crippen LogP contribution in [0.5, 0.6) is 0 Å². The number of hydrogen-bond acceptors (Lipinski definition) is 3. The van der Waals surface area contributed by atoms with Crippen LogP contribution < -0.4 is 0 Å². The minimum Gasteiger partial charge on any atom is -0.468 e. The molecule has 1 unspecified atom stereocenters. The lowest BCUT2D eigenvalue weighted by molar-refractivity contribution is -0.128. The number of hydrogen-bond donors (Lipinski definition) is 0. The minimum absolute atomic E-state index is 0.160. The third-order valence-corrected chi connectivity index (χ3v) is 2.84. The quantitative estimate of drug-likeness (QED) is 0.576. The molecule has 1 heterocycles. The summed E-state index contributed by atoms with van der Waals surface area (Å²) in [6.07, 6.45) is 2.52. The molecule has 1 atom stereocenters. The summed E-state index contributed by atoms with van der Waals surface area (Å²) in [5, 5.41) is 0. The number of rotatable bonds is 6. The maximum atomic E-state index is 10.2. The van der Waals surface area contributed by atoms with E-state index in [0.29, 0.717) is 13.1 Å². The van der Waals surface area contributed by atoms with Crippen molar-refractivity contribution in [2.24, 2.45) is 0 Å². The van der Waals surface area contributed by atoms with Crippen LogP contribution in [-0.2, 0) is 9.53 Å². The largest absolute Gasteiger partial charge is 0.468 e. The Kier molecular flexibility index (Phi) is 4.47. The Morgan fingerprint density at radius 2 is 1.89 bits per heavy atom. The molecule has 0 aliphatic heterocycles. The molecule has 2 rings (SSSR count).